The second kappa shape index (κ2) is 4.53. The summed E-state index contributed by atoms with van der Waals surface area (Å²) in [6, 6.07) is 7.69. The van der Waals surface area contributed by atoms with E-state index in [1.807, 2.05) is 30.5 Å². The molecule has 0 N–H and O–H groups in total. The summed E-state index contributed by atoms with van der Waals surface area (Å²) in [6.07, 6.45) is 2.01. The molecule has 3 heteroatoms. The highest BCUT2D eigenvalue weighted by Gasteiger charge is 1.99. The van der Waals surface area contributed by atoms with E-state index < -0.39 is 0 Å². The van der Waals surface area contributed by atoms with Crippen molar-refractivity contribution in [1.29, 1.82) is 0 Å². The fourth-order valence-electron chi connectivity index (χ4n) is 0.931. The van der Waals surface area contributed by atoms with Crippen LogP contribution in [0.1, 0.15) is 5.56 Å². The van der Waals surface area contributed by atoms with Gasteiger partial charge in [-0.15, -0.1) is 11.8 Å². The first-order valence-corrected chi connectivity index (χ1v) is 5.15. The molecular formula is C9H10ClNS. The molecule has 0 aliphatic rings. The van der Waals surface area contributed by atoms with Crippen LogP contribution in [0.15, 0.2) is 29.3 Å². The quantitative estimate of drug-likeness (QED) is 0.500. The zero-order valence-corrected chi connectivity index (χ0v) is 8.62. The third-order valence-electron chi connectivity index (χ3n) is 1.49. The molecule has 0 bridgehead atoms. The lowest BCUT2D eigenvalue weighted by Crippen LogP contribution is -1.92. The standard InChI is InChI=1S/C9H10ClNS/c1-11-9(12-2)7-3-5-8(10)6-4-7/h3-6H,1-2H3. The van der Waals surface area contributed by atoms with Crippen molar-refractivity contribution < 1.29 is 0 Å². The molecule has 1 rings (SSSR count). The van der Waals surface area contributed by atoms with E-state index in [9.17, 15) is 0 Å². The van der Waals surface area contributed by atoms with E-state index >= 15 is 0 Å². The fraction of sp³-hybridized carbons (Fsp3) is 0.222. The molecule has 0 unspecified atom stereocenters. The third kappa shape index (κ3) is 2.26. The number of halogens is 1. The Bertz CT molecular complexity index is 279. The predicted octanol–water partition coefficient (Wildman–Crippen LogP) is 3.08. The van der Waals surface area contributed by atoms with E-state index in [2.05, 4.69) is 4.99 Å². The Morgan fingerprint density at radius 3 is 2.33 bits per heavy atom. The summed E-state index contributed by atoms with van der Waals surface area (Å²) >= 11 is 7.39. The minimum absolute atomic E-state index is 0.760. The van der Waals surface area contributed by atoms with Gasteiger partial charge in [0.15, 0.2) is 0 Å². The first-order valence-electron chi connectivity index (χ1n) is 3.54. The first-order chi connectivity index (χ1) is 5.77. The normalized spacial score (nSPS) is 11.8. The number of nitrogens with zero attached hydrogens (tertiary/aromatic N) is 1. The molecule has 0 spiro atoms. The highest BCUT2D eigenvalue weighted by atomic mass is 35.5. The van der Waals surface area contributed by atoms with Crippen LogP contribution in [0.25, 0.3) is 0 Å². The summed E-state index contributed by atoms with van der Waals surface area (Å²) in [6.45, 7) is 0. The lowest BCUT2D eigenvalue weighted by Gasteiger charge is -2.00. The van der Waals surface area contributed by atoms with Crippen LogP contribution in [0.5, 0.6) is 0 Å². The van der Waals surface area contributed by atoms with Gasteiger partial charge in [-0.1, -0.05) is 23.7 Å². The van der Waals surface area contributed by atoms with Crippen molar-refractivity contribution in [3.63, 3.8) is 0 Å². The van der Waals surface area contributed by atoms with Gasteiger partial charge in [0.2, 0.25) is 0 Å². The number of rotatable bonds is 1. The van der Waals surface area contributed by atoms with Crippen molar-refractivity contribution in [2.45, 2.75) is 0 Å². The Balaban J connectivity index is 2.96. The van der Waals surface area contributed by atoms with Gasteiger partial charge >= 0.3 is 0 Å². The van der Waals surface area contributed by atoms with E-state index in [1.165, 1.54) is 0 Å². The molecule has 0 heterocycles. The Hall–Kier alpha value is -0.470. The summed E-state index contributed by atoms with van der Waals surface area (Å²) < 4.78 is 0. The zero-order valence-electron chi connectivity index (χ0n) is 7.04. The lowest BCUT2D eigenvalue weighted by molar-refractivity contribution is 1.45. The van der Waals surface area contributed by atoms with Gasteiger partial charge in [0.25, 0.3) is 0 Å². The summed E-state index contributed by atoms with van der Waals surface area (Å²) in [4.78, 5) is 4.14. The van der Waals surface area contributed by atoms with Crippen LogP contribution in [-0.2, 0) is 0 Å². The average molecular weight is 200 g/mol. The van der Waals surface area contributed by atoms with Crippen molar-refractivity contribution in [1.82, 2.24) is 0 Å². The van der Waals surface area contributed by atoms with Crippen LogP contribution in [0, 0.1) is 0 Å². The van der Waals surface area contributed by atoms with Gasteiger partial charge in [0.05, 0.1) is 5.04 Å². The molecule has 12 heavy (non-hydrogen) atoms. The highest BCUT2D eigenvalue weighted by Crippen LogP contribution is 2.14. The number of aliphatic imine (C=N–C) groups is 1. The average Bonchev–Trinajstić information content (AvgIpc) is 2.10. The van der Waals surface area contributed by atoms with Gasteiger partial charge < -0.3 is 0 Å². The largest absolute Gasteiger partial charge is 0.281 e. The number of hydrogen-bond acceptors (Lipinski definition) is 2. The molecule has 1 aromatic rings. The topological polar surface area (TPSA) is 12.4 Å². The van der Waals surface area contributed by atoms with Crippen molar-refractivity contribution in [3.05, 3.63) is 34.9 Å². The second-order valence-electron chi connectivity index (χ2n) is 2.24. The summed E-state index contributed by atoms with van der Waals surface area (Å²) in [7, 11) is 1.79. The SMILES string of the molecule is CN=C(SC)c1ccc(Cl)cc1. The molecular weight excluding hydrogens is 190 g/mol. The van der Waals surface area contributed by atoms with Crippen LogP contribution >= 0.6 is 23.4 Å². The molecule has 0 aliphatic heterocycles. The zero-order chi connectivity index (χ0) is 8.97. The first kappa shape index (κ1) is 9.62. The summed E-state index contributed by atoms with van der Waals surface area (Å²) in [5, 5.41) is 1.79. The van der Waals surface area contributed by atoms with Crippen LogP contribution in [0.3, 0.4) is 0 Å². The second-order valence-corrected chi connectivity index (χ2v) is 3.47. The monoisotopic (exact) mass is 199 g/mol. The Morgan fingerprint density at radius 2 is 1.92 bits per heavy atom. The number of thioether (sulfide) groups is 1. The molecule has 0 fully saturated rings. The molecule has 1 nitrogen and oxygen atoms in total. The van der Waals surface area contributed by atoms with E-state index in [0.717, 1.165) is 15.6 Å². The molecule has 64 valence electrons. The van der Waals surface area contributed by atoms with Crippen LogP contribution in [-0.4, -0.2) is 18.3 Å². The molecule has 0 atom stereocenters. The molecule has 0 saturated carbocycles. The highest BCUT2D eigenvalue weighted by molar-refractivity contribution is 8.13. The summed E-state index contributed by atoms with van der Waals surface area (Å²) in [5.41, 5.74) is 1.12. The molecule has 0 amide bonds. The van der Waals surface area contributed by atoms with Crippen LogP contribution < -0.4 is 0 Å². The smallest absolute Gasteiger partial charge is 0.0970 e. The predicted molar refractivity (Wildman–Crippen MR) is 57.4 cm³/mol. The summed E-state index contributed by atoms with van der Waals surface area (Å²) in [5.74, 6) is 0. The fourth-order valence-corrected chi connectivity index (χ4v) is 1.61. The van der Waals surface area contributed by atoms with Gasteiger partial charge in [0.1, 0.15) is 0 Å². The molecule has 0 saturated heterocycles. The Morgan fingerprint density at radius 1 is 1.33 bits per heavy atom. The molecule has 0 aromatic heterocycles. The maximum atomic E-state index is 5.76. The molecule has 1 aromatic carbocycles. The van der Waals surface area contributed by atoms with Crippen LogP contribution in [0.4, 0.5) is 0 Å². The molecule has 0 aliphatic carbocycles. The lowest BCUT2D eigenvalue weighted by atomic mass is 10.2. The number of benzene rings is 1. The Labute approximate surface area is 81.8 Å². The van der Waals surface area contributed by atoms with Crippen molar-refractivity contribution >= 4 is 28.4 Å². The maximum absolute atomic E-state index is 5.76. The van der Waals surface area contributed by atoms with Crippen LogP contribution in [0.2, 0.25) is 5.02 Å². The maximum Gasteiger partial charge on any atom is 0.0970 e. The van der Waals surface area contributed by atoms with Gasteiger partial charge in [0, 0.05) is 17.6 Å². The van der Waals surface area contributed by atoms with Gasteiger partial charge in [-0.25, -0.2) is 0 Å². The van der Waals surface area contributed by atoms with E-state index in [1.54, 1.807) is 18.8 Å². The third-order valence-corrected chi connectivity index (χ3v) is 2.54. The Kier molecular flexibility index (Phi) is 3.63. The van der Waals surface area contributed by atoms with Gasteiger partial charge in [-0.3, -0.25) is 4.99 Å². The van der Waals surface area contributed by atoms with Crippen molar-refractivity contribution in [2.24, 2.45) is 4.99 Å². The van der Waals surface area contributed by atoms with Crippen molar-refractivity contribution in [3.8, 4) is 0 Å². The van der Waals surface area contributed by atoms with Gasteiger partial charge in [-0.05, 0) is 18.4 Å². The van der Waals surface area contributed by atoms with E-state index in [-0.39, 0.29) is 0 Å². The van der Waals surface area contributed by atoms with Crippen molar-refractivity contribution in [2.75, 3.05) is 13.3 Å². The van der Waals surface area contributed by atoms with E-state index in [4.69, 9.17) is 11.6 Å². The molecule has 0 radical (unpaired) electrons. The number of hydrogen-bond donors (Lipinski definition) is 0. The minimum atomic E-state index is 0.760. The minimum Gasteiger partial charge on any atom is -0.281 e. The van der Waals surface area contributed by atoms with Gasteiger partial charge in [-0.2, -0.15) is 0 Å². The van der Waals surface area contributed by atoms with E-state index in [0.29, 0.717) is 0 Å².